The van der Waals surface area contributed by atoms with Gasteiger partial charge >= 0.3 is 0 Å². The van der Waals surface area contributed by atoms with Gasteiger partial charge in [-0.05, 0) is 13.8 Å². The average molecular weight is 255 g/mol. The molecular weight excluding hydrogens is 234 g/mol. The summed E-state index contributed by atoms with van der Waals surface area (Å²) in [7, 11) is -0.430. The molecule has 0 amide bonds. The van der Waals surface area contributed by atoms with Crippen LogP contribution in [0.1, 0.15) is 13.8 Å². The number of rotatable bonds is 9. The third-order valence-electron chi connectivity index (χ3n) is 1.80. The summed E-state index contributed by atoms with van der Waals surface area (Å²) < 4.78 is 40.1. The van der Waals surface area contributed by atoms with E-state index in [-0.39, 0.29) is 25.0 Å². The van der Waals surface area contributed by atoms with Gasteiger partial charge in [-0.2, -0.15) is 0 Å². The Kier molecular flexibility index (Phi) is 7.86. The highest BCUT2D eigenvalue weighted by Gasteiger charge is 2.13. The lowest BCUT2D eigenvalue weighted by atomic mass is 10.5. The molecule has 16 heavy (non-hydrogen) atoms. The topological polar surface area (TPSA) is 73.9 Å². The first-order chi connectivity index (χ1) is 7.41. The Bertz CT molecular complexity index is 261. The van der Waals surface area contributed by atoms with Crippen LogP contribution in [0.5, 0.6) is 0 Å². The molecule has 6 nitrogen and oxygen atoms in total. The molecule has 0 heterocycles. The minimum Gasteiger partial charge on any atom is -0.378 e. The van der Waals surface area contributed by atoms with E-state index in [9.17, 15) is 8.42 Å². The van der Waals surface area contributed by atoms with E-state index in [1.165, 1.54) is 14.2 Å². The molecule has 0 spiro atoms. The van der Waals surface area contributed by atoms with Crippen LogP contribution in [-0.2, 0) is 24.2 Å². The van der Waals surface area contributed by atoms with Crippen LogP contribution in [0.3, 0.4) is 0 Å². The van der Waals surface area contributed by atoms with Crippen molar-refractivity contribution in [2.75, 3.05) is 33.1 Å². The normalized spacial score (nSPS) is 12.6. The largest absolute Gasteiger partial charge is 0.378 e. The third-order valence-corrected chi connectivity index (χ3v) is 3.11. The predicted molar refractivity (Wildman–Crippen MR) is 60.7 cm³/mol. The fraction of sp³-hybridized carbons (Fsp3) is 1.00. The molecule has 0 unspecified atom stereocenters. The molecule has 0 aromatic rings. The number of methoxy groups -OCH3 is 2. The van der Waals surface area contributed by atoms with Crippen molar-refractivity contribution in [1.82, 2.24) is 4.72 Å². The molecule has 7 heteroatoms. The van der Waals surface area contributed by atoms with Crippen molar-refractivity contribution in [2.45, 2.75) is 26.2 Å². The van der Waals surface area contributed by atoms with Crippen molar-refractivity contribution in [3.8, 4) is 0 Å². The van der Waals surface area contributed by atoms with Crippen molar-refractivity contribution in [2.24, 2.45) is 0 Å². The molecule has 0 aliphatic heterocycles. The summed E-state index contributed by atoms with van der Waals surface area (Å²) in [5.74, 6) is -0.0642. The molecule has 0 saturated heterocycles. The molecule has 0 saturated carbocycles. The zero-order valence-electron chi connectivity index (χ0n) is 10.2. The van der Waals surface area contributed by atoms with Crippen LogP contribution in [0.25, 0.3) is 0 Å². The second-order valence-electron chi connectivity index (χ2n) is 3.49. The van der Waals surface area contributed by atoms with Crippen LogP contribution in [0, 0.1) is 0 Å². The van der Waals surface area contributed by atoms with E-state index < -0.39 is 16.3 Å². The Hall–Kier alpha value is -0.210. The second-order valence-corrected chi connectivity index (χ2v) is 5.41. The lowest BCUT2D eigenvalue weighted by Crippen LogP contribution is -2.36. The maximum atomic E-state index is 11.4. The van der Waals surface area contributed by atoms with Gasteiger partial charge in [0.25, 0.3) is 0 Å². The molecule has 0 atom stereocenters. The van der Waals surface area contributed by atoms with E-state index in [1.807, 2.05) is 13.8 Å². The fourth-order valence-corrected chi connectivity index (χ4v) is 1.77. The molecule has 0 aromatic heterocycles. The number of sulfonamides is 1. The van der Waals surface area contributed by atoms with Gasteiger partial charge in [-0.1, -0.05) is 0 Å². The molecular formula is C9H21NO5S. The van der Waals surface area contributed by atoms with Gasteiger partial charge in [-0.15, -0.1) is 0 Å². The molecule has 0 aromatic carbocycles. The highest BCUT2D eigenvalue weighted by molar-refractivity contribution is 7.89. The molecule has 0 bridgehead atoms. The van der Waals surface area contributed by atoms with Gasteiger partial charge in [-0.25, -0.2) is 13.1 Å². The van der Waals surface area contributed by atoms with Crippen molar-refractivity contribution >= 4 is 10.0 Å². The van der Waals surface area contributed by atoms with Gasteiger partial charge in [0.1, 0.15) is 0 Å². The van der Waals surface area contributed by atoms with E-state index in [2.05, 4.69) is 4.72 Å². The standard InChI is InChI=1S/C9H21NO5S/c1-8(2)15-5-6-16(11,12)10-7-9(13-3)14-4/h8-10H,5-7H2,1-4H3. The maximum Gasteiger partial charge on any atom is 0.214 e. The fourth-order valence-electron chi connectivity index (χ4n) is 0.924. The molecule has 98 valence electrons. The number of hydrogen-bond acceptors (Lipinski definition) is 5. The Labute approximate surface area is 97.3 Å². The number of nitrogens with one attached hydrogen (secondary N) is 1. The second kappa shape index (κ2) is 7.97. The smallest absolute Gasteiger partial charge is 0.214 e. The Morgan fingerprint density at radius 2 is 1.75 bits per heavy atom. The van der Waals surface area contributed by atoms with Crippen molar-refractivity contribution in [3.05, 3.63) is 0 Å². The third kappa shape index (κ3) is 8.00. The first-order valence-electron chi connectivity index (χ1n) is 5.05. The van der Waals surface area contributed by atoms with Gasteiger partial charge in [0.05, 0.1) is 25.0 Å². The lowest BCUT2D eigenvalue weighted by Gasteiger charge is -2.14. The summed E-state index contributed by atoms with van der Waals surface area (Å²) in [6.45, 7) is 3.98. The number of hydrogen-bond donors (Lipinski definition) is 1. The quantitative estimate of drug-likeness (QED) is 0.585. The Balaban J connectivity index is 3.87. The summed E-state index contributed by atoms with van der Waals surface area (Å²) in [5, 5.41) is 0. The highest BCUT2D eigenvalue weighted by Crippen LogP contribution is 1.93. The Morgan fingerprint density at radius 1 is 1.19 bits per heavy atom. The van der Waals surface area contributed by atoms with Gasteiger partial charge in [-0.3, -0.25) is 0 Å². The van der Waals surface area contributed by atoms with E-state index in [4.69, 9.17) is 14.2 Å². The summed E-state index contributed by atoms with van der Waals surface area (Å²) in [6, 6.07) is 0. The van der Waals surface area contributed by atoms with Crippen molar-refractivity contribution in [1.29, 1.82) is 0 Å². The molecule has 0 aliphatic carbocycles. The van der Waals surface area contributed by atoms with Crippen LogP contribution in [0.2, 0.25) is 0 Å². The summed E-state index contributed by atoms with van der Waals surface area (Å²) >= 11 is 0. The first kappa shape index (κ1) is 15.8. The van der Waals surface area contributed by atoms with Crippen molar-refractivity contribution < 1.29 is 22.6 Å². The van der Waals surface area contributed by atoms with E-state index in [0.29, 0.717) is 0 Å². The van der Waals surface area contributed by atoms with E-state index >= 15 is 0 Å². The molecule has 0 rings (SSSR count). The van der Waals surface area contributed by atoms with Crippen LogP contribution in [0.15, 0.2) is 0 Å². The van der Waals surface area contributed by atoms with Gasteiger partial charge in [0.15, 0.2) is 6.29 Å². The number of ether oxygens (including phenoxy) is 3. The molecule has 0 radical (unpaired) electrons. The first-order valence-corrected chi connectivity index (χ1v) is 6.71. The summed E-state index contributed by atoms with van der Waals surface area (Å²) in [5.41, 5.74) is 0. The summed E-state index contributed by atoms with van der Waals surface area (Å²) in [6.07, 6.45) is -0.540. The van der Waals surface area contributed by atoms with Crippen molar-refractivity contribution in [3.63, 3.8) is 0 Å². The van der Waals surface area contributed by atoms with Gasteiger partial charge < -0.3 is 14.2 Å². The zero-order chi connectivity index (χ0) is 12.6. The van der Waals surface area contributed by atoms with Crippen LogP contribution >= 0.6 is 0 Å². The summed E-state index contributed by atoms with van der Waals surface area (Å²) in [4.78, 5) is 0. The van der Waals surface area contributed by atoms with E-state index in [1.54, 1.807) is 0 Å². The highest BCUT2D eigenvalue weighted by atomic mass is 32.2. The minimum atomic E-state index is -3.33. The van der Waals surface area contributed by atoms with Gasteiger partial charge in [0, 0.05) is 14.2 Å². The van der Waals surface area contributed by atoms with E-state index in [0.717, 1.165) is 0 Å². The van der Waals surface area contributed by atoms with Crippen LogP contribution in [-0.4, -0.2) is 53.9 Å². The minimum absolute atomic E-state index is 0.0286. The van der Waals surface area contributed by atoms with Gasteiger partial charge in [0.2, 0.25) is 10.0 Å². The molecule has 0 fully saturated rings. The monoisotopic (exact) mass is 255 g/mol. The maximum absolute atomic E-state index is 11.4. The molecule has 1 N–H and O–H groups in total. The SMILES string of the molecule is COC(CNS(=O)(=O)CCOC(C)C)OC. The average Bonchev–Trinajstić information content (AvgIpc) is 2.18. The van der Waals surface area contributed by atoms with Crippen LogP contribution < -0.4 is 4.72 Å². The Morgan fingerprint density at radius 3 is 2.19 bits per heavy atom. The lowest BCUT2D eigenvalue weighted by molar-refractivity contribution is -0.0960. The van der Waals surface area contributed by atoms with Crippen LogP contribution in [0.4, 0.5) is 0 Å². The zero-order valence-corrected chi connectivity index (χ0v) is 11.0. The predicted octanol–water partition coefficient (Wildman–Crippen LogP) is -0.0503. The molecule has 0 aliphatic rings.